The van der Waals surface area contributed by atoms with E-state index in [1.54, 1.807) is 0 Å². The van der Waals surface area contributed by atoms with Gasteiger partial charge in [0.05, 0.1) is 5.41 Å². The van der Waals surface area contributed by atoms with Crippen LogP contribution in [-0.2, 0) is 9.59 Å². The van der Waals surface area contributed by atoms with Gasteiger partial charge in [0.2, 0.25) is 5.91 Å². The highest BCUT2D eigenvalue weighted by atomic mass is 16.4. The number of hydrogen-bond acceptors (Lipinski definition) is 3. The average molecular weight is 242 g/mol. The number of nitrogens with one attached hydrogen (secondary N) is 2. The smallest absolute Gasteiger partial charge is 0.311 e. The highest BCUT2D eigenvalue weighted by molar-refractivity contribution is 5.79. The third kappa shape index (κ3) is 4.00. The second-order valence-electron chi connectivity index (χ2n) is 5.07. The molecule has 0 aromatic heterocycles. The number of carboxylic acids is 1. The van der Waals surface area contributed by atoms with Crippen LogP contribution in [0.1, 0.15) is 39.5 Å². The zero-order valence-corrected chi connectivity index (χ0v) is 10.6. The molecule has 1 amide bonds. The van der Waals surface area contributed by atoms with Crippen LogP contribution in [0.25, 0.3) is 0 Å². The molecule has 1 fully saturated rings. The Morgan fingerprint density at radius 1 is 1.35 bits per heavy atom. The molecule has 0 aliphatic heterocycles. The molecule has 0 aromatic rings. The molecule has 98 valence electrons. The van der Waals surface area contributed by atoms with Gasteiger partial charge in [0.15, 0.2) is 0 Å². The van der Waals surface area contributed by atoms with Crippen LogP contribution in [0.3, 0.4) is 0 Å². The third-order valence-electron chi connectivity index (χ3n) is 3.29. The maximum absolute atomic E-state index is 11.5. The van der Waals surface area contributed by atoms with Gasteiger partial charge in [-0.1, -0.05) is 20.3 Å². The second kappa shape index (κ2) is 6.00. The molecule has 0 spiro atoms. The van der Waals surface area contributed by atoms with Gasteiger partial charge < -0.3 is 15.7 Å². The molecule has 0 bridgehead atoms. The Labute approximate surface area is 102 Å². The Kier molecular flexibility index (Phi) is 4.93. The number of hydrogen-bond donors (Lipinski definition) is 3. The molecule has 0 saturated heterocycles. The predicted molar refractivity (Wildman–Crippen MR) is 64.7 cm³/mol. The van der Waals surface area contributed by atoms with E-state index in [0.29, 0.717) is 31.8 Å². The monoisotopic (exact) mass is 242 g/mol. The number of aliphatic carboxylic acids is 1. The first kappa shape index (κ1) is 14.0. The zero-order valence-electron chi connectivity index (χ0n) is 10.6. The lowest BCUT2D eigenvalue weighted by Crippen LogP contribution is -2.47. The molecular weight excluding hydrogens is 220 g/mol. The van der Waals surface area contributed by atoms with Crippen LogP contribution in [-0.4, -0.2) is 36.1 Å². The van der Waals surface area contributed by atoms with Gasteiger partial charge in [-0.3, -0.25) is 9.59 Å². The number of carbonyl (C=O) groups excluding carboxylic acids is 1. The fourth-order valence-corrected chi connectivity index (χ4v) is 1.90. The Morgan fingerprint density at radius 3 is 2.41 bits per heavy atom. The normalized spacial score (nSPS) is 17.6. The molecule has 0 atom stereocenters. The molecule has 0 radical (unpaired) electrons. The van der Waals surface area contributed by atoms with E-state index in [1.807, 2.05) is 13.8 Å². The summed E-state index contributed by atoms with van der Waals surface area (Å²) in [6.45, 7) is 4.93. The van der Waals surface area contributed by atoms with Crippen molar-refractivity contribution in [3.05, 3.63) is 0 Å². The van der Waals surface area contributed by atoms with Gasteiger partial charge >= 0.3 is 5.97 Å². The molecule has 1 saturated carbocycles. The summed E-state index contributed by atoms with van der Waals surface area (Å²) in [5.41, 5.74) is -0.693. The molecule has 1 aliphatic rings. The molecule has 0 aromatic carbocycles. The highest BCUT2D eigenvalue weighted by Gasteiger charge is 2.44. The molecule has 0 unspecified atom stereocenters. The summed E-state index contributed by atoms with van der Waals surface area (Å²) in [5.74, 6) is -0.866. The van der Waals surface area contributed by atoms with E-state index in [2.05, 4.69) is 10.6 Å². The fraction of sp³-hybridized carbons (Fsp3) is 0.833. The van der Waals surface area contributed by atoms with Crippen LogP contribution in [0.15, 0.2) is 0 Å². The van der Waals surface area contributed by atoms with Gasteiger partial charge in [-0.15, -0.1) is 0 Å². The number of rotatable bonds is 7. The molecule has 3 N–H and O–H groups in total. The minimum Gasteiger partial charge on any atom is -0.481 e. The SMILES string of the molecule is CC(C)NCCC(=O)NCC1(C(=O)O)CCC1. The second-order valence-corrected chi connectivity index (χ2v) is 5.07. The van der Waals surface area contributed by atoms with E-state index in [0.717, 1.165) is 6.42 Å². The first-order valence-corrected chi connectivity index (χ1v) is 6.20. The summed E-state index contributed by atoms with van der Waals surface area (Å²) < 4.78 is 0. The highest BCUT2D eigenvalue weighted by Crippen LogP contribution is 2.40. The molecule has 1 aliphatic carbocycles. The third-order valence-corrected chi connectivity index (χ3v) is 3.29. The van der Waals surface area contributed by atoms with Crippen molar-refractivity contribution >= 4 is 11.9 Å². The van der Waals surface area contributed by atoms with Crippen molar-refractivity contribution in [1.29, 1.82) is 0 Å². The summed E-state index contributed by atoms with van der Waals surface area (Å²) in [4.78, 5) is 22.5. The summed E-state index contributed by atoms with van der Waals surface area (Å²) in [6.07, 6.45) is 2.69. The van der Waals surface area contributed by atoms with Gasteiger partial charge in [-0.05, 0) is 12.8 Å². The van der Waals surface area contributed by atoms with Crippen molar-refractivity contribution in [2.24, 2.45) is 5.41 Å². The molecule has 1 rings (SSSR count). The fourth-order valence-electron chi connectivity index (χ4n) is 1.90. The van der Waals surface area contributed by atoms with Crippen LogP contribution < -0.4 is 10.6 Å². The molecule has 5 nitrogen and oxygen atoms in total. The first-order chi connectivity index (χ1) is 7.96. The number of carbonyl (C=O) groups is 2. The molecule has 0 heterocycles. The maximum atomic E-state index is 11.5. The van der Waals surface area contributed by atoms with Crippen molar-refractivity contribution in [2.75, 3.05) is 13.1 Å². The maximum Gasteiger partial charge on any atom is 0.311 e. The van der Waals surface area contributed by atoms with E-state index in [1.165, 1.54) is 0 Å². The Balaban J connectivity index is 2.21. The molecular formula is C12H22N2O3. The zero-order chi connectivity index (χ0) is 12.9. The minimum atomic E-state index is -0.788. The van der Waals surface area contributed by atoms with Crippen molar-refractivity contribution in [3.63, 3.8) is 0 Å². The summed E-state index contributed by atoms with van der Waals surface area (Å²) in [7, 11) is 0. The predicted octanol–water partition coefficient (Wildman–Crippen LogP) is 0.746. The average Bonchev–Trinajstić information content (AvgIpc) is 2.14. The van der Waals surface area contributed by atoms with E-state index in [9.17, 15) is 9.59 Å². The Morgan fingerprint density at radius 2 is 2.00 bits per heavy atom. The van der Waals surface area contributed by atoms with Gasteiger partial charge in [-0.2, -0.15) is 0 Å². The van der Waals surface area contributed by atoms with Crippen LogP contribution in [0.5, 0.6) is 0 Å². The van der Waals surface area contributed by atoms with E-state index >= 15 is 0 Å². The van der Waals surface area contributed by atoms with Gasteiger partial charge in [0, 0.05) is 25.6 Å². The van der Waals surface area contributed by atoms with Crippen molar-refractivity contribution in [1.82, 2.24) is 10.6 Å². The van der Waals surface area contributed by atoms with Crippen LogP contribution in [0, 0.1) is 5.41 Å². The van der Waals surface area contributed by atoms with Crippen molar-refractivity contribution in [2.45, 2.75) is 45.6 Å². The Bertz CT molecular complexity index is 285. The lowest BCUT2D eigenvalue weighted by molar-refractivity contribution is -0.154. The van der Waals surface area contributed by atoms with Crippen LogP contribution >= 0.6 is 0 Å². The van der Waals surface area contributed by atoms with Crippen molar-refractivity contribution in [3.8, 4) is 0 Å². The topological polar surface area (TPSA) is 78.4 Å². The van der Waals surface area contributed by atoms with Crippen LogP contribution in [0.2, 0.25) is 0 Å². The number of amides is 1. The van der Waals surface area contributed by atoms with E-state index in [4.69, 9.17) is 5.11 Å². The Hall–Kier alpha value is -1.10. The van der Waals surface area contributed by atoms with Gasteiger partial charge in [0.25, 0.3) is 0 Å². The quantitative estimate of drug-likeness (QED) is 0.615. The van der Waals surface area contributed by atoms with Gasteiger partial charge in [0.1, 0.15) is 0 Å². The minimum absolute atomic E-state index is 0.0781. The molecule has 5 heteroatoms. The van der Waals surface area contributed by atoms with Crippen LogP contribution in [0.4, 0.5) is 0 Å². The summed E-state index contributed by atoms with van der Waals surface area (Å²) >= 11 is 0. The standard InChI is InChI=1S/C12H22N2O3/c1-9(2)13-7-4-10(15)14-8-12(11(16)17)5-3-6-12/h9,13H,3-8H2,1-2H3,(H,14,15)(H,16,17). The summed E-state index contributed by atoms with van der Waals surface area (Å²) in [5, 5.41) is 14.9. The van der Waals surface area contributed by atoms with E-state index in [-0.39, 0.29) is 12.5 Å². The summed E-state index contributed by atoms with van der Waals surface area (Å²) in [6, 6.07) is 0.361. The molecule has 17 heavy (non-hydrogen) atoms. The van der Waals surface area contributed by atoms with Crippen molar-refractivity contribution < 1.29 is 14.7 Å². The van der Waals surface area contributed by atoms with Gasteiger partial charge in [-0.25, -0.2) is 0 Å². The largest absolute Gasteiger partial charge is 0.481 e. The lowest BCUT2D eigenvalue weighted by atomic mass is 9.69. The van der Waals surface area contributed by atoms with E-state index < -0.39 is 11.4 Å². The number of carboxylic acid groups (broad SMARTS) is 1. The lowest BCUT2D eigenvalue weighted by Gasteiger charge is -2.37. The first-order valence-electron chi connectivity index (χ1n) is 6.20.